The van der Waals surface area contributed by atoms with E-state index in [1.807, 2.05) is 32.2 Å². The molecular weight excluding hydrogens is 460 g/mol. The number of H-pyrrole nitrogens is 2. The van der Waals surface area contributed by atoms with Gasteiger partial charge in [-0.3, -0.25) is 9.48 Å². The summed E-state index contributed by atoms with van der Waals surface area (Å²) in [6, 6.07) is 7.09. The number of anilines is 1. The standard InChI is InChI=1S/C24H26N8O3.CH4/c1-4-15(22-25-8-5-9-26-22)27-21-19(24(33)30-18-13-32(2)31-20(18)21)23-28-16-7-6-14(12-17(16)29-23)35-11-10-34-3;/h5-9,12-13,15,27H,4,10-11H2,1-3H3,(H,28,29)(H,30,33);1H4/t15-;/m1./s1. The second kappa shape index (κ2) is 10.6. The van der Waals surface area contributed by atoms with E-state index in [2.05, 4.69) is 30.4 Å². The number of rotatable bonds is 9. The number of benzene rings is 1. The SMILES string of the molecule is C.CC[C@@H](Nc1c(-c2nc3ccc(OCCOC)cc3[nH]2)c(=O)[nH]c2cn(C)nc12)c1ncccn1. The molecule has 0 aliphatic carbocycles. The molecule has 0 saturated carbocycles. The lowest BCUT2D eigenvalue weighted by atomic mass is 10.1. The van der Waals surface area contributed by atoms with E-state index in [9.17, 15) is 4.79 Å². The van der Waals surface area contributed by atoms with Crippen molar-refractivity contribution in [1.82, 2.24) is 34.7 Å². The number of pyridine rings is 1. The average molecular weight is 491 g/mol. The Morgan fingerprint density at radius 3 is 2.69 bits per heavy atom. The van der Waals surface area contributed by atoms with Crippen molar-refractivity contribution in [2.24, 2.45) is 7.05 Å². The maximum Gasteiger partial charge on any atom is 0.261 e. The first kappa shape index (κ1) is 24.9. The first-order valence-corrected chi connectivity index (χ1v) is 11.3. The van der Waals surface area contributed by atoms with Crippen molar-refractivity contribution >= 4 is 27.8 Å². The minimum atomic E-state index is -0.285. The number of fused-ring (bicyclic) bond motifs is 2. The van der Waals surface area contributed by atoms with E-state index in [0.29, 0.717) is 64.8 Å². The number of aromatic amines is 2. The van der Waals surface area contributed by atoms with Gasteiger partial charge in [0, 0.05) is 38.8 Å². The Morgan fingerprint density at radius 1 is 1.14 bits per heavy atom. The molecule has 0 amide bonds. The Morgan fingerprint density at radius 2 is 1.94 bits per heavy atom. The van der Waals surface area contributed by atoms with Crippen LogP contribution in [0, 0.1) is 0 Å². The van der Waals surface area contributed by atoms with Gasteiger partial charge in [0.25, 0.3) is 5.56 Å². The molecular formula is C25H30N8O3. The van der Waals surface area contributed by atoms with E-state index < -0.39 is 0 Å². The van der Waals surface area contributed by atoms with Crippen LogP contribution in [-0.4, -0.2) is 55.0 Å². The summed E-state index contributed by atoms with van der Waals surface area (Å²) in [6.45, 7) is 2.96. The van der Waals surface area contributed by atoms with Crippen LogP contribution in [0.15, 0.2) is 47.7 Å². The summed E-state index contributed by atoms with van der Waals surface area (Å²) >= 11 is 0. The number of methoxy groups -OCH3 is 1. The average Bonchev–Trinajstić information content (AvgIpc) is 3.44. The lowest BCUT2D eigenvalue weighted by Gasteiger charge is -2.18. The van der Waals surface area contributed by atoms with Gasteiger partial charge < -0.3 is 24.8 Å². The van der Waals surface area contributed by atoms with Crippen LogP contribution in [0.1, 0.15) is 32.6 Å². The minimum absolute atomic E-state index is 0. The highest BCUT2D eigenvalue weighted by Gasteiger charge is 2.23. The summed E-state index contributed by atoms with van der Waals surface area (Å²) in [5, 5.41) is 8.08. The zero-order valence-electron chi connectivity index (χ0n) is 19.7. The van der Waals surface area contributed by atoms with Crippen LogP contribution in [0.5, 0.6) is 5.75 Å². The quantitative estimate of drug-likeness (QED) is 0.265. The molecule has 1 atom stereocenters. The summed E-state index contributed by atoms with van der Waals surface area (Å²) in [5.74, 6) is 1.74. The third kappa shape index (κ3) is 4.78. The summed E-state index contributed by atoms with van der Waals surface area (Å²) in [5.41, 5.74) is 3.36. The van der Waals surface area contributed by atoms with Crippen molar-refractivity contribution in [3.8, 4) is 17.1 Å². The first-order chi connectivity index (χ1) is 17.1. The second-order valence-electron chi connectivity index (χ2n) is 8.09. The Balaban J connectivity index is 0.00000304. The molecule has 5 rings (SSSR count). The van der Waals surface area contributed by atoms with Crippen LogP contribution in [0.25, 0.3) is 33.5 Å². The normalized spacial score (nSPS) is 12.0. The maximum atomic E-state index is 13.3. The number of hydrogen-bond donors (Lipinski definition) is 3. The van der Waals surface area contributed by atoms with Gasteiger partial charge in [0.15, 0.2) is 0 Å². The molecule has 0 radical (unpaired) electrons. The molecule has 0 aliphatic heterocycles. The van der Waals surface area contributed by atoms with Crippen molar-refractivity contribution < 1.29 is 9.47 Å². The third-order valence-corrected chi connectivity index (χ3v) is 5.66. The fraction of sp³-hybridized carbons (Fsp3) is 0.320. The van der Waals surface area contributed by atoms with Crippen molar-refractivity contribution in [1.29, 1.82) is 0 Å². The zero-order valence-corrected chi connectivity index (χ0v) is 19.7. The predicted octanol–water partition coefficient (Wildman–Crippen LogP) is 3.82. The van der Waals surface area contributed by atoms with Crippen molar-refractivity contribution in [2.45, 2.75) is 26.8 Å². The molecule has 3 N–H and O–H groups in total. The summed E-state index contributed by atoms with van der Waals surface area (Å²) in [6.07, 6.45) is 5.88. The van der Waals surface area contributed by atoms with Crippen molar-refractivity contribution in [2.75, 3.05) is 25.6 Å². The van der Waals surface area contributed by atoms with Crippen molar-refractivity contribution in [3.63, 3.8) is 0 Å². The van der Waals surface area contributed by atoms with E-state index in [4.69, 9.17) is 14.5 Å². The molecule has 188 valence electrons. The van der Waals surface area contributed by atoms with Crippen molar-refractivity contribution in [3.05, 3.63) is 59.0 Å². The number of nitrogens with zero attached hydrogens (tertiary/aromatic N) is 5. The second-order valence-corrected chi connectivity index (χ2v) is 8.09. The van der Waals surface area contributed by atoms with E-state index in [0.717, 1.165) is 5.52 Å². The van der Waals surface area contributed by atoms with Gasteiger partial charge in [-0.1, -0.05) is 14.4 Å². The molecule has 11 heteroatoms. The summed E-state index contributed by atoms with van der Waals surface area (Å²) in [7, 11) is 3.44. The molecule has 4 heterocycles. The molecule has 0 bridgehead atoms. The number of nitrogens with one attached hydrogen (secondary N) is 3. The fourth-order valence-electron chi connectivity index (χ4n) is 4.00. The van der Waals surface area contributed by atoms with Crippen LogP contribution in [0.4, 0.5) is 5.69 Å². The Bertz CT molecular complexity index is 1520. The van der Waals surface area contributed by atoms with E-state index in [-0.39, 0.29) is 19.0 Å². The molecule has 0 aliphatic rings. The van der Waals surface area contributed by atoms with Gasteiger partial charge in [-0.25, -0.2) is 15.0 Å². The highest BCUT2D eigenvalue weighted by atomic mass is 16.5. The van der Waals surface area contributed by atoms with Gasteiger partial charge in [0.2, 0.25) is 0 Å². The van der Waals surface area contributed by atoms with Crippen LogP contribution < -0.4 is 15.6 Å². The monoisotopic (exact) mass is 490 g/mol. The van der Waals surface area contributed by atoms with Gasteiger partial charge in [-0.05, 0) is 24.6 Å². The van der Waals surface area contributed by atoms with Gasteiger partial charge in [-0.2, -0.15) is 5.10 Å². The molecule has 5 aromatic rings. The maximum absolute atomic E-state index is 13.3. The zero-order chi connectivity index (χ0) is 24.4. The number of imidazole rings is 1. The Labute approximate surface area is 207 Å². The smallest absolute Gasteiger partial charge is 0.261 e. The molecule has 0 fully saturated rings. The fourth-order valence-corrected chi connectivity index (χ4v) is 4.00. The highest BCUT2D eigenvalue weighted by molar-refractivity contribution is 5.96. The van der Waals surface area contributed by atoms with Gasteiger partial charge in [0.1, 0.15) is 35.1 Å². The van der Waals surface area contributed by atoms with Gasteiger partial charge in [-0.15, -0.1) is 0 Å². The summed E-state index contributed by atoms with van der Waals surface area (Å²) in [4.78, 5) is 33.0. The Kier molecular flexibility index (Phi) is 7.30. The summed E-state index contributed by atoms with van der Waals surface area (Å²) < 4.78 is 12.4. The predicted molar refractivity (Wildman–Crippen MR) is 139 cm³/mol. The van der Waals surface area contributed by atoms with E-state index in [1.165, 1.54) is 0 Å². The van der Waals surface area contributed by atoms with Crippen LogP contribution >= 0.6 is 0 Å². The number of hydrogen-bond acceptors (Lipinski definition) is 8. The first-order valence-electron chi connectivity index (χ1n) is 11.3. The van der Waals surface area contributed by atoms with Crippen LogP contribution in [0.2, 0.25) is 0 Å². The molecule has 0 spiro atoms. The van der Waals surface area contributed by atoms with Crippen LogP contribution in [0.3, 0.4) is 0 Å². The molecule has 0 unspecified atom stereocenters. The molecule has 0 saturated heterocycles. The molecule has 36 heavy (non-hydrogen) atoms. The lowest BCUT2D eigenvalue weighted by molar-refractivity contribution is 0.146. The topological polar surface area (TPSA) is 136 Å². The van der Waals surface area contributed by atoms with E-state index in [1.54, 1.807) is 36.4 Å². The number of aromatic nitrogens is 7. The number of ether oxygens (including phenoxy) is 2. The van der Waals surface area contributed by atoms with Gasteiger partial charge in [0.05, 0.1) is 34.9 Å². The highest BCUT2D eigenvalue weighted by Crippen LogP contribution is 2.33. The Hall–Kier alpha value is -4.25. The molecule has 1 aromatic carbocycles. The molecule has 11 nitrogen and oxygen atoms in total. The minimum Gasteiger partial charge on any atom is -0.491 e. The lowest BCUT2D eigenvalue weighted by Crippen LogP contribution is -2.18. The number of aryl methyl sites for hydroxylation is 1. The third-order valence-electron chi connectivity index (χ3n) is 5.66. The van der Waals surface area contributed by atoms with E-state index >= 15 is 0 Å². The largest absolute Gasteiger partial charge is 0.491 e. The van der Waals surface area contributed by atoms with Crippen LogP contribution in [-0.2, 0) is 11.8 Å². The molecule has 4 aromatic heterocycles. The van der Waals surface area contributed by atoms with Gasteiger partial charge >= 0.3 is 0 Å².